The average molecular weight is 264 g/mol. The van der Waals surface area contributed by atoms with Crippen molar-refractivity contribution in [2.45, 2.75) is 39.4 Å². The number of rotatable bonds is 3. The van der Waals surface area contributed by atoms with E-state index >= 15 is 0 Å². The fourth-order valence-electron chi connectivity index (χ4n) is 1.51. The summed E-state index contributed by atoms with van der Waals surface area (Å²) in [7, 11) is 0. The SMILES string of the molecule is C#CCC/C=C(\C)C(O)=C1C(=O)OC(C)(C)OC1=O. The lowest BCUT2D eigenvalue weighted by Crippen LogP contribution is -2.42. The van der Waals surface area contributed by atoms with Gasteiger partial charge in [0.2, 0.25) is 0 Å². The zero-order valence-corrected chi connectivity index (χ0v) is 11.1. The second kappa shape index (κ2) is 5.61. The molecule has 0 atom stereocenters. The Bertz CT molecular complexity index is 480. The average Bonchev–Trinajstić information content (AvgIpc) is 2.26. The minimum atomic E-state index is -1.32. The lowest BCUT2D eigenvalue weighted by molar-refractivity contribution is -0.222. The van der Waals surface area contributed by atoms with Crippen molar-refractivity contribution in [1.29, 1.82) is 0 Å². The molecule has 0 bridgehead atoms. The Morgan fingerprint density at radius 1 is 1.37 bits per heavy atom. The maximum atomic E-state index is 11.7. The van der Waals surface area contributed by atoms with E-state index in [4.69, 9.17) is 15.9 Å². The number of cyclic esters (lactones) is 2. The third-order valence-electron chi connectivity index (χ3n) is 2.43. The van der Waals surface area contributed by atoms with Gasteiger partial charge in [-0.3, -0.25) is 0 Å². The Morgan fingerprint density at radius 3 is 2.37 bits per heavy atom. The van der Waals surface area contributed by atoms with Crippen molar-refractivity contribution in [3.8, 4) is 12.3 Å². The number of aliphatic hydroxyl groups is 1. The van der Waals surface area contributed by atoms with Gasteiger partial charge >= 0.3 is 11.9 Å². The van der Waals surface area contributed by atoms with Gasteiger partial charge in [-0.1, -0.05) is 6.08 Å². The van der Waals surface area contributed by atoms with Crippen LogP contribution in [-0.4, -0.2) is 22.8 Å². The first-order chi connectivity index (χ1) is 8.78. The maximum Gasteiger partial charge on any atom is 0.352 e. The van der Waals surface area contributed by atoms with E-state index < -0.39 is 29.1 Å². The van der Waals surface area contributed by atoms with Crippen LogP contribution in [0.1, 0.15) is 33.6 Å². The minimum Gasteiger partial charge on any atom is -0.506 e. The molecule has 0 saturated carbocycles. The monoisotopic (exact) mass is 264 g/mol. The zero-order chi connectivity index (χ0) is 14.6. The fourth-order valence-corrected chi connectivity index (χ4v) is 1.51. The number of unbranched alkanes of at least 4 members (excludes halogenated alkanes) is 1. The van der Waals surface area contributed by atoms with Gasteiger partial charge in [-0.2, -0.15) is 0 Å². The molecule has 0 unspecified atom stereocenters. The van der Waals surface area contributed by atoms with Crippen LogP contribution < -0.4 is 0 Å². The number of hydrogen-bond acceptors (Lipinski definition) is 5. The first kappa shape index (κ1) is 14.8. The summed E-state index contributed by atoms with van der Waals surface area (Å²) in [6.45, 7) is 4.44. The molecule has 0 amide bonds. The van der Waals surface area contributed by atoms with Gasteiger partial charge in [-0.05, 0) is 18.9 Å². The van der Waals surface area contributed by atoms with Crippen LogP contribution in [0.4, 0.5) is 0 Å². The maximum absolute atomic E-state index is 11.7. The van der Waals surface area contributed by atoms with E-state index in [0.29, 0.717) is 18.4 Å². The number of hydrogen-bond donors (Lipinski definition) is 1. The molecule has 0 spiro atoms. The van der Waals surface area contributed by atoms with Crippen molar-refractivity contribution < 1.29 is 24.2 Å². The molecule has 1 aliphatic heterocycles. The third kappa shape index (κ3) is 3.62. The summed E-state index contributed by atoms with van der Waals surface area (Å²) in [6.07, 6.45) is 7.79. The molecular weight excluding hydrogens is 248 g/mol. The first-order valence-electron chi connectivity index (χ1n) is 5.79. The number of carbonyl (C=O) groups is 2. The highest BCUT2D eigenvalue weighted by molar-refractivity contribution is 6.16. The topological polar surface area (TPSA) is 72.8 Å². The molecule has 5 heteroatoms. The van der Waals surface area contributed by atoms with Crippen molar-refractivity contribution in [2.24, 2.45) is 0 Å². The van der Waals surface area contributed by atoms with Gasteiger partial charge in [0.05, 0.1) is 0 Å². The van der Waals surface area contributed by atoms with Crippen molar-refractivity contribution in [3.05, 3.63) is 23.0 Å². The molecule has 102 valence electrons. The molecule has 1 saturated heterocycles. The van der Waals surface area contributed by atoms with Gasteiger partial charge in [-0.15, -0.1) is 12.3 Å². The van der Waals surface area contributed by atoms with Crippen LogP contribution in [0.25, 0.3) is 0 Å². The summed E-state index contributed by atoms with van der Waals surface area (Å²) in [5.41, 5.74) is -0.118. The number of aliphatic hydroxyl groups excluding tert-OH is 1. The van der Waals surface area contributed by atoms with Gasteiger partial charge < -0.3 is 14.6 Å². The van der Waals surface area contributed by atoms with E-state index in [-0.39, 0.29) is 0 Å². The van der Waals surface area contributed by atoms with Gasteiger partial charge in [0, 0.05) is 20.3 Å². The number of carbonyl (C=O) groups excluding carboxylic acids is 2. The molecular formula is C14H16O5. The predicted octanol–water partition coefficient (Wildman–Crippen LogP) is 1.99. The van der Waals surface area contributed by atoms with Crippen LogP contribution in [-0.2, 0) is 19.1 Å². The standard InChI is InChI=1S/C14H16O5/c1-5-6-7-8-9(2)11(15)10-12(16)18-14(3,4)19-13(10)17/h1,8,15H,6-7H2,2-4H3/b9-8+. The molecule has 0 aliphatic carbocycles. The Morgan fingerprint density at radius 2 is 1.89 bits per heavy atom. The highest BCUT2D eigenvalue weighted by atomic mass is 16.7. The summed E-state index contributed by atoms with van der Waals surface area (Å²) < 4.78 is 9.79. The van der Waals surface area contributed by atoms with E-state index in [1.54, 1.807) is 13.0 Å². The van der Waals surface area contributed by atoms with Crippen LogP contribution in [0, 0.1) is 12.3 Å². The second-order valence-corrected chi connectivity index (χ2v) is 4.53. The van der Waals surface area contributed by atoms with Crippen molar-refractivity contribution >= 4 is 11.9 Å². The van der Waals surface area contributed by atoms with Gasteiger partial charge in [0.1, 0.15) is 5.76 Å². The molecule has 1 fully saturated rings. The van der Waals surface area contributed by atoms with Crippen LogP contribution in [0.5, 0.6) is 0 Å². The van der Waals surface area contributed by atoms with E-state index in [0.717, 1.165) is 0 Å². The molecule has 0 aromatic carbocycles. The molecule has 1 N–H and O–H groups in total. The number of ether oxygens (including phenoxy) is 2. The minimum absolute atomic E-state index is 0.374. The summed E-state index contributed by atoms with van der Waals surface area (Å²) in [4.78, 5) is 23.4. The van der Waals surface area contributed by atoms with Crippen molar-refractivity contribution in [1.82, 2.24) is 0 Å². The summed E-state index contributed by atoms with van der Waals surface area (Å²) in [5, 5.41) is 9.91. The quantitative estimate of drug-likeness (QED) is 0.211. The van der Waals surface area contributed by atoms with Crippen LogP contribution in [0.3, 0.4) is 0 Å². The molecule has 1 rings (SSSR count). The largest absolute Gasteiger partial charge is 0.506 e. The van der Waals surface area contributed by atoms with E-state index in [2.05, 4.69) is 5.92 Å². The first-order valence-corrected chi connectivity index (χ1v) is 5.79. The van der Waals surface area contributed by atoms with Crippen molar-refractivity contribution in [2.75, 3.05) is 0 Å². The van der Waals surface area contributed by atoms with Crippen LogP contribution in [0.15, 0.2) is 23.0 Å². The smallest absolute Gasteiger partial charge is 0.352 e. The Kier molecular flexibility index (Phi) is 4.38. The summed E-state index contributed by atoms with van der Waals surface area (Å²) in [6, 6.07) is 0. The Labute approximate surface area is 111 Å². The lowest BCUT2D eigenvalue weighted by atomic mass is 10.1. The normalized spacial score (nSPS) is 18.4. The summed E-state index contributed by atoms with van der Waals surface area (Å²) >= 11 is 0. The highest BCUT2D eigenvalue weighted by Crippen LogP contribution is 2.26. The number of terminal acetylenes is 1. The molecule has 19 heavy (non-hydrogen) atoms. The molecule has 1 heterocycles. The van der Waals surface area contributed by atoms with Gasteiger partial charge in [0.15, 0.2) is 5.57 Å². The molecule has 1 aliphatic rings. The summed E-state index contributed by atoms with van der Waals surface area (Å²) in [5.74, 6) is -1.12. The predicted molar refractivity (Wildman–Crippen MR) is 67.7 cm³/mol. The second-order valence-electron chi connectivity index (χ2n) is 4.53. The highest BCUT2D eigenvalue weighted by Gasteiger charge is 2.41. The third-order valence-corrected chi connectivity index (χ3v) is 2.43. The zero-order valence-electron chi connectivity index (χ0n) is 11.1. The Balaban J connectivity index is 3.02. The van der Waals surface area contributed by atoms with Crippen molar-refractivity contribution in [3.63, 3.8) is 0 Å². The van der Waals surface area contributed by atoms with Crippen LogP contribution >= 0.6 is 0 Å². The molecule has 0 radical (unpaired) electrons. The number of allylic oxidation sites excluding steroid dienone is 2. The molecule has 5 nitrogen and oxygen atoms in total. The molecule has 0 aromatic heterocycles. The van der Waals surface area contributed by atoms with E-state index in [1.165, 1.54) is 13.8 Å². The fraction of sp³-hybridized carbons (Fsp3) is 0.429. The number of esters is 2. The lowest BCUT2D eigenvalue weighted by Gasteiger charge is -2.30. The Hall–Kier alpha value is -2.22. The van der Waals surface area contributed by atoms with Crippen LogP contribution in [0.2, 0.25) is 0 Å². The molecule has 0 aromatic rings. The van der Waals surface area contributed by atoms with E-state index in [1.807, 2.05) is 0 Å². The van der Waals surface area contributed by atoms with Gasteiger partial charge in [0.25, 0.3) is 5.79 Å². The van der Waals surface area contributed by atoms with Gasteiger partial charge in [-0.25, -0.2) is 9.59 Å². The van der Waals surface area contributed by atoms with E-state index in [9.17, 15) is 14.7 Å².